The van der Waals surface area contributed by atoms with E-state index in [1.165, 1.54) is 16.2 Å². The largest absolute Gasteiger partial charge is 0.383 e. The molecule has 2 aromatic heterocycles. The fourth-order valence-electron chi connectivity index (χ4n) is 2.66. The summed E-state index contributed by atoms with van der Waals surface area (Å²) in [6.07, 6.45) is 2.07. The summed E-state index contributed by atoms with van der Waals surface area (Å²) in [6.45, 7) is 7.53. The summed E-state index contributed by atoms with van der Waals surface area (Å²) in [5.41, 5.74) is 1.54. The number of imide groups is 1. The molecule has 1 N–H and O–H groups in total. The standard InChI is InChI=1S/C17H24N6O3S/c1-17(2,3)13-10-27-14(19-13)9-23-15(24)12(18-16(23)25)7-11-8-22(21-20-11)5-6-26-4/h8,10,12H,5-7,9H2,1-4H3,(H,18,25)/t12-/m0/s1. The topological polar surface area (TPSA) is 102 Å². The van der Waals surface area contributed by atoms with Crippen LogP contribution in [0.3, 0.4) is 0 Å². The van der Waals surface area contributed by atoms with Gasteiger partial charge in [-0.2, -0.15) is 0 Å². The number of nitrogens with one attached hydrogen (secondary N) is 1. The Balaban J connectivity index is 1.63. The summed E-state index contributed by atoms with van der Waals surface area (Å²) >= 11 is 1.46. The number of ether oxygens (including phenoxy) is 1. The van der Waals surface area contributed by atoms with Crippen molar-refractivity contribution < 1.29 is 14.3 Å². The Labute approximate surface area is 161 Å². The summed E-state index contributed by atoms with van der Waals surface area (Å²) in [4.78, 5) is 30.7. The minimum absolute atomic E-state index is 0.0663. The molecule has 10 heteroatoms. The van der Waals surface area contributed by atoms with Gasteiger partial charge in [0.05, 0.1) is 31.1 Å². The van der Waals surface area contributed by atoms with E-state index in [1.54, 1.807) is 18.0 Å². The first-order chi connectivity index (χ1) is 12.8. The van der Waals surface area contributed by atoms with Crippen molar-refractivity contribution in [1.82, 2.24) is 30.2 Å². The van der Waals surface area contributed by atoms with Crippen molar-refractivity contribution >= 4 is 23.3 Å². The van der Waals surface area contributed by atoms with Gasteiger partial charge >= 0.3 is 6.03 Å². The number of carbonyl (C=O) groups excluding carboxylic acids is 2. The number of thiazole rings is 1. The Bertz CT molecular complexity index is 825. The average Bonchev–Trinajstić information content (AvgIpc) is 3.30. The van der Waals surface area contributed by atoms with Crippen LogP contribution in [-0.4, -0.2) is 56.6 Å². The van der Waals surface area contributed by atoms with Gasteiger partial charge in [-0.3, -0.25) is 9.69 Å². The minimum Gasteiger partial charge on any atom is -0.383 e. The average molecular weight is 392 g/mol. The van der Waals surface area contributed by atoms with Crippen LogP contribution < -0.4 is 5.32 Å². The van der Waals surface area contributed by atoms with E-state index in [2.05, 4.69) is 41.4 Å². The molecule has 9 nitrogen and oxygen atoms in total. The van der Waals surface area contributed by atoms with E-state index in [4.69, 9.17) is 4.74 Å². The van der Waals surface area contributed by atoms with Crippen molar-refractivity contribution in [3.05, 3.63) is 28.0 Å². The van der Waals surface area contributed by atoms with Gasteiger partial charge in [-0.25, -0.2) is 14.5 Å². The van der Waals surface area contributed by atoms with Crippen LogP contribution >= 0.6 is 11.3 Å². The van der Waals surface area contributed by atoms with Crippen LogP contribution in [0.1, 0.15) is 37.2 Å². The molecule has 1 fully saturated rings. The number of aromatic nitrogens is 4. The molecule has 0 bridgehead atoms. The molecule has 3 amide bonds. The van der Waals surface area contributed by atoms with Crippen LogP contribution in [0.15, 0.2) is 11.6 Å². The summed E-state index contributed by atoms with van der Waals surface area (Å²) < 4.78 is 6.66. The number of carbonyl (C=O) groups is 2. The Morgan fingerprint density at radius 2 is 2.11 bits per heavy atom. The van der Waals surface area contributed by atoms with Crippen LogP contribution in [0.2, 0.25) is 0 Å². The number of rotatable bonds is 7. The van der Waals surface area contributed by atoms with Gasteiger partial charge in [0.1, 0.15) is 11.0 Å². The molecule has 0 aliphatic carbocycles. The molecule has 0 saturated carbocycles. The maximum Gasteiger partial charge on any atom is 0.325 e. The molecule has 3 heterocycles. The monoisotopic (exact) mass is 392 g/mol. The highest BCUT2D eigenvalue weighted by molar-refractivity contribution is 7.09. The second kappa shape index (κ2) is 7.73. The molecule has 1 aliphatic rings. The van der Waals surface area contributed by atoms with Gasteiger partial charge in [-0.05, 0) is 0 Å². The van der Waals surface area contributed by atoms with Crippen molar-refractivity contribution in [2.24, 2.45) is 0 Å². The third kappa shape index (κ3) is 4.51. The Hall–Kier alpha value is -2.33. The van der Waals surface area contributed by atoms with Crippen molar-refractivity contribution in [2.75, 3.05) is 13.7 Å². The molecular formula is C17H24N6O3S. The number of amides is 3. The predicted molar refractivity (Wildman–Crippen MR) is 99.3 cm³/mol. The van der Waals surface area contributed by atoms with Gasteiger partial charge in [-0.15, -0.1) is 16.4 Å². The minimum atomic E-state index is -0.632. The molecule has 0 aromatic carbocycles. The van der Waals surface area contributed by atoms with E-state index in [0.717, 1.165) is 10.7 Å². The van der Waals surface area contributed by atoms with Crippen molar-refractivity contribution in [3.63, 3.8) is 0 Å². The Kier molecular flexibility index (Phi) is 5.56. The van der Waals surface area contributed by atoms with Gasteiger partial charge in [0.25, 0.3) is 5.91 Å². The molecule has 1 saturated heterocycles. The molecule has 146 valence electrons. The molecule has 2 aromatic rings. The number of urea groups is 1. The summed E-state index contributed by atoms with van der Waals surface area (Å²) in [5.74, 6) is -0.265. The molecule has 0 unspecified atom stereocenters. The van der Waals surface area contributed by atoms with Crippen molar-refractivity contribution in [2.45, 2.75) is 51.7 Å². The quantitative estimate of drug-likeness (QED) is 0.714. The van der Waals surface area contributed by atoms with Gasteiger partial charge in [-0.1, -0.05) is 26.0 Å². The second-order valence-electron chi connectivity index (χ2n) is 7.47. The van der Waals surface area contributed by atoms with Gasteiger partial charge in [0.2, 0.25) is 0 Å². The zero-order valence-electron chi connectivity index (χ0n) is 15.9. The third-order valence-corrected chi connectivity index (χ3v) is 5.08. The summed E-state index contributed by atoms with van der Waals surface area (Å²) in [7, 11) is 1.62. The van der Waals surface area contributed by atoms with Crippen LogP contribution in [0.5, 0.6) is 0 Å². The molecule has 0 radical (unpaired) electrons. The zero-order valence-corrected chi connectivity index (χ0v) is 16.7. The fraction of sp³-hybridized carbons (Fsp3) is 0.588. The smallest absolute Gasteiger partial charge is 0.325 e. The Morgan fingerprint density at radius 3 is 2.78 bits per heavy atom. The molecule has 1 atom stereocenters. The van der Waals surface area contributed by atoms with E-state index in [0.29, 0.717) is 25.3 Å². The van der Waals surface area contributed by atoms with Crippen LogP contribution in [0.4, 0.5) is 4.79 Å². The van der Waals surface area contributed by atoms with Gasteiger partial charge < -0.3 is 10.1 Å². The molecule has 0 spiro atoms. The number of hydrogen-bond acceptors (Lipinski definition) is 7. The third-order valence-electron chi connectivity index (χ3n) is 4.24. The van der Waals surface area contributed by atoms with Crippen molar-refractivity contribution in [1.29, 1.82) is 0 Å². The Morgan fingerprint density at radius 1 is 1.33 bits per heavy atom. The maximum atomic E-state index is 12.7. The van der Waals surface area contributed by atoms with Gasteiger partial charge in [0.15, 0.2) is 0 Å². The van der Waals surface area contributed by atoms with Crippen LogP contribution in [0.25, 0.3) is 0 Å². The SMILES string of the molecule is COCCn1cc(C[C@@H]2NC(=O)N(Cc3nc(C(C)(C)C)cs3)C2=O)nn1. The maximum absolute atomic E-state index is 12.7. The van der Waals surface area contributed by atoms with E-state index < -0.39 is 12.1 Å². The fourth-order valence-corrected chi connectivity index (χ4v) is 3.67. The lowest BCUT2D eigenvalue weighted by atomic mass is 9.93. The normalized spacial score (nSPS) is 17.6. The first kappa shape index (κ1) is 19.4. The van der Waals surface area contributed by atoms with Gasteiger partial charge in [0, 0.05) is 30.5 Å². The number of nitrogens with zero attached hydrogens (tertiary/aromatic N) is 5. The first-order valence-electron chi connectivity index (χ1n) is 8.72. The summed E-state index contributed by atoms with van der Waals surface area (Å²) in [5, 5.41) is 13.5. The summed E-state index contributed by atoms with van der Waals surface area (Å²) in [6, 6.07) is -1.03. The van der Waals surface area contributed by atoms with E-state index in [-0.39, 0.29) is 17.9 Å². The molecule has 1 aliphatic heterocycles. The molecular weight excluding hydrogens is 368 g/mol. The highest BCUT2D eigenvalue weighted by atomic mass is 32.1. The lowest BCUT2D eigenvalue weighted by Crippen LogP contribution is -2.32. The van der Waals surface area contributed by atoms with E-state index in [9.17, 15) is 9.59 Å². The second-order valence-corrected chi connectivity index (χ2v) is 8.42. The van der Waals surface area contributed by atoms with E-state index >= 15 is 0 Å². The first-order valence-corrected chi connectivity index (χ1v) is 9.60. The van der Waals surface area contributed by atoms with E-state index in [1.807, 2.05) is 5.38 Å². The highest BCUT2D eigenvalue weighted by Crippen LogP contribution is 2.25. The molecule has 27 heavy (non-hydrogen) atoms. The van der Waals surface area contributed by atoms with Crippen LogP contribution in [0, 0.1) is 0 Å². The lowest BCUT2D eigenvalue weighted by Gasteiger charge is -2.14. The highest BCUT2D eigenvalue weighted by Gasteiger charge is 2.39. The lowest BCUT2D eigenvalue weighted by molar-refractivity contribution is -0.127. The predicted octanol–water partition coefficient (Wildman–Crippen LogP) is 1.34. The number of methoxy groups -OCH3 is 1. The van der Waals surface area contributed by atoms with Crippen molar-refractivity contribution in [3.8, 4) is 0 Å². The van der Waals surface area contributed by atoms with Crippen LogP contribution in [-0.2, 0) is 34.5 Å². The number of hydrogen-bond donors (Lipinski definition) is 1. The zero-order chi connectivity index (χ0) is 19.6. The molecule has 3 rings (SSSR count).